The minimum absolute atomic E-state index is 0.113. The Kier molecular flexibility index (Phi) is 3.98. The minimum Gasteiger partial charge on any atom is -0.302 e. The van der Waals surface area contributed by atoms with E-state index in [-0.39, 0.29) is 5.75 Å². The number of carbonyl (C=O) groups excluding carboxylic acids is 1. The fourth-order valence-electron chi connectivity index (χ4n) is 0.112. The summed E-state index contributed by atoms with van der Waals surface area (Å²) in [5.41, 5.74) is 0. The van der Waals surface area contributed by atoms with Crippen molar-refractivity contribution in [3.63, 3.8) is 0 Å². The molecule has 0 aromatic rings. The predicted octanol–water partition coefficient (Wildman–Crippen LogP) is 1.14. The third-order valence-electron chi connectivity index (χ3n) is 0.290. The molecule has 0 aromatic heterocycles. The molecule has 0 aliphatic rings. The molecule has 0 saturated heterocycles. The van der Waals surface area contributed by atoms with Crippen LogP contribution in [0.2, 0.25) is 0 Å². The molecule has 0 aliphatic heterocycles. The molecule has 0 amide bonds. The molecule has 0 unspecified atom stereocenters. The lowest BCUT2D eigenvalue weighted by Crippen LogP contribution is -1.84. The summed E-state index contributed by atoms with van der Waals surface area (Å²) in [6.07, 6.45) is 0.455. The molecule has 7 heavy (non-hydrogen) atoms. The fraction of sp³-hybridized carbons (Fsp3) is 0.667. The van der Waals surface area contributed by atoms with Gasteiger partial charge in [0, 0.05) is 0 Å². The van der Waals surface area contributed by atoms with E-state index in [2.05, 4.69) is 0 Å². The Labute approximate surface area is 44.1 Å². The first-order valence-electron chi connectivity index (χ1n) is 1.60. The molecule has 0 radical (unpaired) electrons. The Balaban J connectivity index is 2.81. The standard InChI is InChI=1S/C3H4F2OS/c4-3(5)7-2-1-6/h1,3H,2H2. The Morgan fingerprint density at radius 1 is 1.71 bits per heavy atom. The second-order valence-corrected chi connectivity index (χ2v) is 1.78. The quantitative estimate of drug-likeness (QED) is 0.527. The Morgan fingerprint density at radius 3 is 2.43 bits per heavy atom. The lowest BCUT2D eigenvalue weighted by atomic mass is 10.9. The first kappa shape index (κ1) is 6.88. The number of rotatable bonds is 3. The van der Waals surface area contributed by atoms with Gasteiger partial charge < -0.3 is 4.79 Å². The smallest absolute Gasteiger partial charge is 0.284 e. The second-order valence-electron chi connectivity index (χ2n) is 0.761. The third kappa shape index (κ3) is 5.88. The fourth-order valence-corrected chi connectivity index (χ4v) is 0.336. The number of aldehydes is 1. The van der Waals surface area contributed by atoms with Gasteiger partial charge in [-0.25, -0.2) is 0 Å². The molecule has 0 spiro atoms. The molecule has 42 valence electrons. The largest absolute Gasteiger partial charge is 0.302 e. The van der Waals surface area contributed by atoms with Crippen molar-refractivity contribution in [1.82, 2.24) is 0 Å². The van der Waals surface area contributed by atoms with E-state index in [9.17, 15) is 13.6 Å². The molecule has 1 nitrogen and oxygen atoms in total. The van der Waals surface area contributed by atoms with E-state index in [1.807, 2.05) is 0 Å². The summed E-state index contributed by atoms with van der Waals surface area (Å²) in [4.78, 5) is 9.36. The van der Waals surface area contributed by atoms with Crippen LogP contribution in [0.15, 0.2) is 0 Å². The Hall–Kier alpha value is -0.120. The van der Waals surface area contributed by atoms with Crippen molar-refractivity contribution >= 4 is 18.0 Å². The van der Waals surface area contributed by atoms with Crippen LogP contribution >= 0.6 is 11.8 Å². The van der Waals surface area contributed by atoms with Gasteiger partial charge in [0.15, 0.2) is 0 Å². The molecule has 0 rings (SSSR count). The van der Waals surface area contributed by atoms with E-state index in [1.165, 1.54) is 0 Å². The SMILES string of the molecule is O=CCSC(F)F. The van der Waals surface area contributed by atoms with E-state index >= 15 is 0 Å². The highest BCUT2D eigenvalue weighted by Gasteiger charge is 1.98. The van der Waals surface area contributed by atoms with Gasteiger partial charge in [-0.15, -0.1) is 0 Å². The predicted molar refractivity (Wildman–Crippen MR) is 24.5 cm³/mol. The average molecular weight is 126 g/mol. The van der Waals surface area contributed by atoms with Crippen molar-refractivity contribution in [1.29, 1.82) is 0 Å². The van der Waals surface area contributed by atoms with Crippen LogP contribution in [-0.4, -0.2) is 17.8 Å². The highest BCUT2D eigenvalue weighted by Crippen LogP contribution is 2.10. The molecule has 0 N–H and O–H groups in total. The van der Waals surface area contributed by atoms with Crippen molar-refractivity contribution in [2.45, 2.75) is 5.76 Å². The first-order chi connectivity index (χ1) is 3.27. The molecule has 0 saturated carbocycles. The molecular weight excluding hydrogens is 122 g/mol. The number of thioether (sulfide) groups is 1. The maximum Gasteiger partial charge on any atom is 0.284 e. The Bertz CT molecular complexity index is 56.9. The number of carbonyl (C=O) groups is 1. The minimum atomic E-state index is -2.41. The summed E-state index contributed by atoms with van der Waals surface area (Å²) >= 11 is 0.330. The Morgan fingerprint density at radius 2 is 2.29 bits per heavy atom. The molecule has 0 fully saturated rings. The summed E-state index contributed by atoms with van der Waals surface area (Å²) in [6, 6.07) is 0. The van der Waals surface area contributed by atoms with Gasteiger partial charge in [0.2, 0.25) is 0 Å². The number of alkyl halides is 2. The molecule has 0 atom stereocenters. The zero-order chi connectivity index (χ0) is 5.70. The highest BCUT2D eigenvalue weighted by atomic mass is 32.2. The topological polar surface area (TPSA) is 17.1 Å². The van der Waals surface area contributed by atoms with Gasteiger partial charge in [-0.2, -0.15) is 8.78 Å². The average Bonchev–Trinajstić information content (AvgIpc) is 1.61. The zero-order valence-electron chi connectivity index (χ0n) is 3.43. The van der Waals surface area contributed by atoms with Gasteiger partial charge in [-0.05, 0) is 0 Å². The van der Waals surface area contributed by atoms with Gasteiger partial charge in [0.25, 0.3) is 5.76 Å². The molecule has 0 aromatic carbocycles. The zero-order valence-corrected chi connectivity index (χ0v) is 4.25. The van der Waals surface area contributed by atoms with Crippen LogP contribution in [-0.2, 0) is 4.79 Å². The van der Waals surface area contributed by atoms with Crippen LogP contribution in [0.3, 0.4) is 0 Å². The van der Waals surface area contributed by atoms with E-state index < -0.39 is 5.76 Å². The molecule has 0 bridgehead atoms. The van der Waals surface area contributed by atoms with E-state index in [1.54, 1.807) is 0 Å². The molecular formula is C3H4F2OS. The van der Waals surface area contributed by atoms with Crippen molar-refractivity contribution in [3.8, 4) is 0 Å². The summed E-state index contributed by atoms with van der Waals surface area (Å²) in [6.45, 7) is 0. The summed E-state index contributed by atoms with van der Waals surface area (Å²) < 4.78 is 22.1. The monoisotopic (exact) mass is 126 g/mol. The number of hydrogen-bond acceptors (Lipinski definition) is 2. The second kappa shape index (κ2) is 4.05. The highest BCUT2D eigenvalue weighted by molar-refractivity contribution is 8.00. The number of halogens is 2. The van der Waals surface area contributed by atoms with Gasteiger partial charge >= 0.3 is 0 Å². The van der Waals surface area contributed by atoms with Crippen molar-refractivity contribution < 1.29 is 13.6 Å². The van der Waals surface area contributed by atoms with E-state index in [4.69, 9.17) is 0 Å². The van der Waals surface area contributed by atoms with Gasteiger partial charge in [-0.3, -0.25) is 0 Å². The molecule has 4 heteroatoms. The molecule has 0 aliphatic carbocycles. The van der Waals surface area contributed by atoms with Crippen LogP contribution in [0.1, 0.15) is 0 Å². The van der Waals surface area contributed by atoms with Gasteiger partial charge in [0.1, 0.15) is 6.29 Å². The first-order valence-corrected chi connectivity index (χ1v) is 2.65. The van der Waals surface area contributed by atoms with Crippen molar-refractivity contribution in [3.05, 3.63) is 0 Å². The van der Waals surface area contributed by atoms with E-state index in [0.29, 0.717) is 18.0 Å². The normalized spacial score (nSPS) is 9.57. The maximum atomic E-state index is 11.0. The van der Waals surface area contributed by atoms with Crippen LogP contribution < -0.4 is 0 Å². The van der Waals surface area contributed by atoms with Crippen LogP contribution in [0.25, 0.3) is 0 Å². The summed E-state index contributed by atoms with van der Waals surface area (Å²) in [7, 11) is 0. The lowest BCUT2D eigenvalue weighted by molar-refractivity contribution is -0.105. The summed E-state index contributed by atoms with van der Waals surface area (Å²) in [5, 5.41) is 0. The molecule has 0 heterocycles. The van der Waals surface area contributed by atoms with Crippen LogP contribution in [0, 0.1) is 0 Å². The number of hydrogen-bond donors (Lipinski definition) is 0. The van der Waals surface area contributed by atoms with Gasteiger partial charge in [-0.1, -0.05) is 11.8 Å². The van der Waals surface area contributed by atoms with E-state index in [0.717, 1.165) is 0 Å². The summed E-state index contributed by atoms with van der Waals surface area (Å²) in [5.74, 6) is -2.53. The van der Waals surface area contributed by atoms with Crippen molar-refractivity contribution in [2.75, 3.05) is 5.75 Å². The van der Waals surface area contributed by atoms with Crippen molar-refractivity contribution in [2.24, 2.45) is 0 Å². The van der Waals surface area contributed by atoms with Crippen LogP contribution in [0.5, 0.6) is 0 Å². The lowest BCUT2D eigenvalue weighted by Gasteiger charge is -1.87. The third-order valence-corrected chi connectivity index (χ3v) is 0.871. The van der Waals surface area contributed by atoms with Crippen LogP contribution in [0.4, 0.5) is 8.78 Å². The maximum absolute atomic E-state index is 11.0. The van der Waals surface area contributed by atoms with Gasteiger partial charge in [0.05, 0.1) is 5.75 Å².